The van der Waals surface area contributed by atoms with Crippen molar-refractivity contribution >= 4 is 21.8 Å². The van der Waals surface area contributed by atoms with E-state index in [2.05, 4.69) is 0 Å². The topological polar surface area (TPSA) is 37.4 Å². The Morgan fingerprint density at radius 1 is 1.08 bits per heavy atom. The summed E-state index contributed by atoms with van der Waals surface area (Å²) >= 11 is 1.76. The lowest BCUT2D eigenvalue weighted by molar-refractivity contribution is 0.315. The molecule has 0 radical (unpaired) electrons. The van der Waals surface area contributed by atoms with Gasteiger partial charge >= 0.3 is 0 Å². The minimum atomic E-state index is -3.51. The molecule has 2 heterocycles. The molecule has 0 amide bonds. The predicted octanol–water partition coefficient (Wildman–Crippen LogP) is 4.39. The van der Waals surface area contributed by atoms with Crippen LogP contribution in [0.25, 0.3) is 0 Å². The summed E-state index contributed by atoms with van der Waals surface area (Å²) in [5.74, 6) is 0.816. The Hall–Kier alpha value is -1.37. The Kier molecular flexibility index (Phi) is 4.84. The van der Waals surface area contributed by atoms with Crippen LogP contribution >= 0.6 is 11.8 Å². The van der Waals surface area contributed by atoms with Gasteiger partial charge in [-0.1, -0.05) is 35.9 Å². The highest BCUT2D eigenvalue weighted by Gasteiger charge is 2.47. The maximum absolute atomic E-state index is 14.3. The van der Waals surface area contributed by atoms with Crippen LogP contribution in [0.3, 0.4) is 0 Å². The number of halogens is 1. The van der Waals surface area contributed by atoms with Crippen molar-refractivity contribution in [2.75, 3.05) is 12.3 Å². The highest BCUT2D eigenvalue weighted by molar-refractivity contribution is 7.99. The van der Waals surface area contributed by atoms with Crippen LogP contribution in [0.2, 0.25) is 0 Å². The van der Waals surface area contributed by atoms with E-state index in [-0.39, 0.29) is 23.0 Å². The predicted molar refractivity (Wildman–Crippen MR) is 103 cm³/mol. The molecule has 0 spiro atoms. The minimum absolute atomic E-state index is 0.0215. The van der Waals surface area contributed by atoms with Crippen LogP contribution in [0.1, 0.15) is 29.2 Å². The lowest BCUT2D eigenvalue weighted by atomic mass is 9.90. The van der Waals surface area contributed by atoms with Gasteiger partial charge < -0.3 is 0 Å². The van der Waals surface area contributed by atoms with Gasteiger partial charge in [0.25, 0.3) is 0 Å². The van der Waals surface area contributed by atoms with Crippen LogP contribution in [0.4, 0.5) is 4.39 Å². The Labute approximate surface area is 158 Å². The number of hydrogen-bond donors (Lipinski definition) is 0. The van der Waals surface area contributed by atoms with Gasteiger partial charge in [0, 0.05) is 23.4 Å². The Bertz CT molecular complexity index is 898. The van der Waals surface area contributed by atoms with E-state index in [1.54, 1.807) is 34.3 Å². The van der Waals surface area contributed by atoms with Gasteiger partial charge in [-0.2, -0.15) is 16.1 Å². The van der Waals surface area contributed by atoms with E-state index in [0.29, 0.717) is 17.0 Å². The lowest BCUT2D eigenvalue weighted by Crippen LogP contribution is -2.41. The van der Waals surface area contributed by atoms with Crippen molar-refractivity contribution in [3.8, 4) is 0 Å². The molecule has 0 unspecified atom stereocenters. The first kappa shape index (κ1) is 18.0. The average Bonchev–Trinajstić information content (AvgIpc) is 3.07. The molecule has 138 valence electrons. The summed E-state index contributed by atoms with van der Waals surface area (Å²) < 4.78 is 42.3. The van der Waals surface area contributed by atoms with E-state index in [4.69, 9.17) is 0 Å². The molecule has 3 nitrogen and oxygen atoms in total. The molecule has 6 heteroatoms. The smallest absolute Gasteiger partial charge is 0.207 e. The van der Waals surface area contributed by atoms with Gasteiger partial charge in [-0.3, -0.25) is 0 Å². The SMILES string of the molecule is Cc1ccc(S(=O)(=O)N2CC[C@@H]3[C@H](c4ccccc4F)SCC[C@@H]32)cc1. The molecule has 26 heavy (non-hydrogen) atoms. The largest absolute Gasteiger partial charge is 0.243 e. The normalized spacial score (nSPS) is 26.6. The summed E-state index contributed by atoms with van der Waals surface area (Å²) in [6, 6.07) is 13.9. The Morgan fingerprint density at radius 3 is 2.54 bits per heavy atom. The summed E-state index contributed by atoms with van der Waals surface area (Å²) in [4.78, 5) is 0.351. The number of aryl methyl sites for hydroxylation is 1. The number of thioether (sulfide) groups is 1. The first-order chi connectivity index (χ1) is 12.5. The molecule has 0 N–H and O–H groups in total. The molecule has 2 saturated heterocycles. The molecular weight excluding hydrogens is 369 g/mol. The Morgan fingerprint density at radius 2 is 1.81 bits per heavy atom. The summed E-state index contributed by atoms with van der Waals surface area (Å²) in [5.41, 5.74) is 1.75. The fourth-order valence-electron chi connectivity index (χ4n) is 4.17. The zero-order valence-corrected chi connectivity index (χ0v) is 16.3. The number of fused-ring (bicyclic) bond motifs is 1. The molecule has 0 aliphatic carbocycles. The summed E-state index contributed by atoms with van der Waals surface area (Å²) in [7, 11) is -3.51. The maximum Gasteiger partial charge on any atom is 0.243 e. The molecule has 0 saturated carbocycles. The fourth-order valence-corrected chi connectivity index (χ4v) is 7.45. The van der Waals surface area contributed by atoms with Crippen molar-refractivity contribution in [2.24, 2.45) is 5.92 Å². The van der Waals surface area contributed by atoms with E-state index in [1.165, 1.54) is 6.07 Å². The van der Waals surface area contributed by atoms with E-state index in [0.717, 1.165) is 24.2 Å². The number of hydrogen-bond acceptors (Lipinski definition) is 3. The van der Waals surface area contributed by atoms with Crippen LogP contribution in [0.5, 0.6) is 0 Å². The molecule has 2 aromatic carbocycles. The number of nitrogens with zero attached hydrogens (tertiary/aromatic N) is 1. The van der Waals surface area contributed by atoms with Crippen molar-refractivity contribution in [2.45, 2.75) is 36.0 Å². The van der Waals surface area contributed by atoms with Gasteiger partial charge in [-0.05, 0) is 49.6 Å². The summed E-state index contributed by atoms with van der Waals surface area (Å²) in [5, 5.41) is 0.0215. The standard InChI is InChI=1S/C20H22FNO2S2/c1-14-6-8-15(9-7-14)26(23,24)22-12-10-17-19(22)11-13-25-20(17)16-4-2-3-5-18(16)21/h2-9,17,19-20H,10-13H2,1H3/t17-,19-,20-/m0/s1. The molecule has 2 aliphatic rings. The van der Waals surface area contributed by atoms with Crippen molar-refractivity contribution in [3.63, 3.8) is 0 Å². The van der Waals surface area contributed by atoms with Gasteiger partial charge in [-0.15, -0.1) is 0 Å². The number of rotatable bonds is 3. The first-order valence-corrected chi connectivity index (χ1v) is 11.4. The second-order valence-electron chi connectivity index (χ2n) is 7.05. The van der Waals surface area contributed by atoms with Crippen LogP contribution in [-0.4, -0.2) is 31.1 Å². The first-order valence-electron chi connectivity index (χ1n) is 8.93. The maximum atomic E-state index is 14.3. The third-order valence-corrected chi connectivity index (χ3v) is 8.86. The van der Waals surface area contributed by atoms with Gasteiger partial charge in [0.2, 0.25) is 10.0 Å². The van der Waals surface area contributed by atoms with E-state index in [1.807, 2.05) is 31.2 Å². The third-order valence-electron chi connectivity index (χ3n) is 5.49. The third kappa shape index (κ3) is 3.08. The summed E-state index contributed by atoms with van der Waals surface area (Å²) in [6.45, 7) is 2.46. The number of benzene rings is 2. The zero-order chi connectivity index (χ0) is 18.3. The molecule has 2 aliphatic heterocycles. The van der Waals surface area contributed by atoms with Crippen LogP contribution in [0, 0.1) is 18.7 Å². The lowest BCUT2D eigenvalue weighted by Gasteiger charge is -2.36. The van der Waals surface area contributed by atoms with Crippen molar-refractivity contribution in [1.82, 2.24) is 4.31 Å². The second kappa shape index (κ2) is 6.98. The van der Waals surface area contributed by atoms with Gasteiger partial charge in [0.05, 0.1) is 4.90 Å². The van der Waals surface area contributed by atoms with Gasteiger partial charge in [0.15, 0.2) is 0 Å². The van der Waals surface area contributed by atoms with Crippen LogP contribution < -0.4 is 0 Å². The molecule has 2 aromatic rings. The minimum Gasteiger partial charge on any atom is -0.207 e. The quantitative estimate of drug-likeness (QED) is 0.779. The molecule has 0 aromatic heterocycles. The Balaban J connectivity index is 1.64. The second-order valence-corrected chi connectivity index (χ2v) is 10.2. The highest BCUT2D eigenvalue weighted by atomic mass is 32.2. The number of sulfonamides is 1. The van der Waals surface area contributed by atoms with E-state index in [9.17, 15) is 12.8 Å². The molecule has 0 bridgehead atoms. The zero-order valence-electron chi connectivity index (χ0n) is 14.6. The molecule has 4 rings (SSSR count). The molecular formula is C20H22FNO2S2. The van der Waals surface area contributed by atoms with E-state index >= 15 is 0 Å². The van der Waals surface area contributed by atoms with Crippen molar-refractivity contribution in [3.05, 3.63) is 65.5 Å². The monoisotopic (exact) mass is 391 g/mol. The van der Waals surface area contributed by atoms with Gasteiger partial charge in [0.1, 0.15) is 5.82 Å². The van der Waals surface area contributed by atoms with E-state index < -0.39 is 10.0 Å². The fraction of sp³-hybridized carbons (Fsp3) is 0.400. The van der Waals surface area contributed by atoms with Crippen molar-refractivity contribution < 1.29 is 12.8 Å². The average molecular weight is 392 g/mol. The summed E-state index contributed by atoms with van der Waals surface area (Å²) in [6.07, 6.45) is 1.60. The van der Waals surface area contributed by atoms with Crippen molar-refractivity contribution in [1.29, 1.82) is 0 Å². The van der Waals surface area contributed by atoms with Crippen LogP contribution in [0.15, 0.2) is 53.4 Å². The molecule has 2 fully saturated rings. The molecule has 3 atom stereocenters. The van der Waals surface area contributed by atoms with Gasteiger partial charge in [-0.25, -0.2) is 12.8 Å². The highest BCUT2D eigenvalue weighted by Crippen LogP contribution is 2.50. The van der Waals surface area contributed by atoms with Crippen LogP contribution in [-0.2, 0) is 10.0 Å².